The van der Waals surface area contributed by atoms with E-state index in [1.165, 1.54) is 11.3 Å². The summed E-state index contributed by atoms with van der Waals surface area (Å²) in [6.45, 7) is 2.44. The largest absolute Gasteiger partial charge is 0.507 e. The first-order valence-corrected chi connectivity index (χ1v) is 10.8. The van der Waals surface area contributed by atoms with E-state index in [0.29, 0.717) is 23.3 Å². The Morgan fingerprint density at radius 3 is 2.62 bits per heavy atom. The zero-order valence-corrected chi connectivity index (χ0v) is 17.9. The lowest BCUT2D eigenvalue weighted by Crippen LogP contribution is -2.30. The number of rotatable bonds is 6. The van der Waals surface area contributed by atoms with Gasteiger partial charge in [-0.1, -0.05) is 25.1 Å². The molecular formula is C24H19F2NO4S. The maximum atomic E-state index is 14.6. The molecule has 2 aromatic carbocycles. The summed E-state index contributed by atoms with van der Waals surface area (Å²) >= 11 is 1.25. The molecule has 8 heteroatoms. The van der Waals surface area contributed by atoms with Gasteiger partial charge in [0, 0.05) is 16.5 Å². The normalized spacial score (nSPS) is 17.7. The number of halogens is 2. The fraction of sp³-hybridized carbons (Fsp3) is 0.167. The second kappa shape index (κ2) is 8.92. The van der Waals surface area contributed by atoms with Gasteiger partial charge in [-0.15, -0.1) is 11.3 Å². The lowest BCUT2D eigenvalue weighted by Gasteiger charge is -2.24. The van der Waals surface area contributed by atoms with Crippen molar-refractivity contribution in [3.05, 3.63) is 87.6 Å². The summed E-state index contributed by atoms with van der Waals surface area (Å²) in [5.41, 5.74) is -0.127. The highest BCUT2D eigenvalue weighted by Gasteiger charge is 2.48. The van der Waals surface area contributed by atoms with Gasteiger partial charge in [0.25, 0.3) is 11.7 Å². The molecule has 1 saturated heterocycles. The number of hydrogen-bond donors (Lipinski definition) is 1. The number of hydrogen-bond acceptors (Lipinski definition) is 5. The number of aliphatic hydroxyl groups excluding tert-OH is 1. The predicted molar refractivity (Wildman–Crippen MR) is 118 cm³/mol. The molecule has 0 bridgehead atoms. The van der Waals surface area contributed by atoms with Crippen molar-refractivity contribution in [3.8, 4) is 5.75 Å². The average molecular weight is 455 g/mol. The van der Waals surface area contributed by atoms with Gasteiger partial charge in [0.1, 0.15) is 29.2 Å². The van der Waals surface area contributed by atoms with Gasteiger partial charge in [0.05, 0.1) is 17.9 Å². The van der Waals surface area contributed by atoms with Gasteiger partial charge in [0.15, 0.2) is 0 Å². The molecule has 164 valence electrons. The lowest BCUT2D eigenvalue weighted by molar-refractivity contribution is -0.132. The van der Waals surface area contributed by atoms with Gasteiger partial charge in [-0.2, -0.15) is 0 Å². The maximum absolute atomic E-state index is 14.6. The van der Waals surface area contributed by atoms with Gasteiger partial charge in [-0.3, -0.25) is 14.5 Å². The minimum Gasteiger partial charge on any atom is -0.507 e. The van der Waals surface area contributed by atoms with E-state index >= 15 is 0 Å². The number of Topliss-reactive ketones (excluding diaryl/α,β-unsaturated/α-hetero) is 1. The number of aliphatic hydroxyl groups is 1. The summed E-state index contributed by atoms with van der Waals surface area (Å²) in [4.78, 5) is 27.5. The molecule has 3 aromatic rings. The summed E-state index contributed by atoms with van der Waals surface area (Å²) in [6.07, 6.45) is 0.795. The van der Waals surface area contributed by atoms with Crippen LogP contribution < -0.4 is 9.64 Å². The van der Waals surface area contributed by atoms with Crippen molar-refractivity contribution in [3.63, 3.8) is 0 Å². The zero-order valence-electron chi connectivity index (χ0n) is 17.0. The molecule has 1 aliphatic heterocycles. The molecule has 0 saturated carbocycles. The molecule has 4 rings (SSSR count). The van der Waals surface area contributed by atoms with E-state index in [-0.39, 0.29) is 16.8 Å². The molecule has 0 aliphatic carbocycles. The van der Waals surface area contributed by atoms with Crippen molar-refractivity contribution >= 4 is 34.5 Å². The Bertz CT molecular complexity index is 1210. The van der Waals surface area contributed by atoms with Gasteiger partial charge < -0.3 is 9.84 Å². The third kappa shape index (κ3) is 3.89. The molecule has 1 aliphatic rings. The van der Waals surface area contributed by atoms with Crippen LogP contribution in [0.5, 0.6) is 5.75 Å². The Morgan fingerprint density at radius 2 is 1.94 bits per heavy atom. The maximum Gasteiger partial charge on any atom is 0.300 e. The minimum absolute atomic E-state index is 0.172. The van der Waals surface area contributed by atoms with Crippen molar-refractivity contribution in [2.24, 2.45) is 0 Å². The van der Waals surface area contributed by atoms with Gasteiger partial charge >= 0.3 is 0 Å². The molecule has 0 radical (unpaired) electrons. The standard InChI is InChI=1S/C24H19F2NO4S/c1-2-10-31-16-6-3-5-14(12-16)22(28)20-21(19-7-4-11-32-19)27(24(30)23(20)29)18-9-8-15(25)13-17(18)26/h3-9,11-13,21,28H,2,10H2,1H3/b22-20-. The highest BCUT2D eigenvalue weighted by Crippen LogP contribution is 2.44. The topological polar surface area (TPSA) is 66.8 Å². The minimum atomic E-state index is -1.06. The van der Waals surface area contributed by atoms with E-state index in [4.69, 9.17) is 4.74 Å². The fourth-order valence-corrected chi connectivity index (χ4v) is 4.41. The van der Waals surface area contributed by atoms with E-state index in [0.717, 1.165) is 23.5 Å². The Kier molecular flexibility index (Phi) is 6.05. The molecule has 1 fully saturated rings. The number of carbonyl (C=O) groups excluding carboxylic acids is 2. The highest BCUT2D eigenvalue weighted by atomic mass is 32.1. The molecule has 1 aromatic heterocycles. The first kappa shape index (κ1) is 21.7. The molecule has 1 N–H and O–H groups in total. The highest BCUT2D eigenvalue weighted by molar-refractivity contribution is 7.10. The molecule has 1 atom stereocenters. The van der Waals surface area contributed by atoms with Crippen molar-refractivity contribution in [1.82, 2.24) is 0 Å². The van der Waals surface area contributed by atoms with Gasteiger partial charge in [-0.25, -0.2) is 8.78 Å². The molecule has 5 nitrogen and oxygen atoms in total. The van der Waals surface area contributed by atoms with Gasteiger partial charge in [0.2, 0.25) is 0 Å². The molecule has 32 heavy (non-hydrogen) atoms. The predicted octanol–water partition coefficient (Wildman–Crippen LogP) is 5.44. The number of ketones is 1. The number of carbonyl (C=O) groups is 2. The first-order chi connectivity index (χ1) is 15.4. The molecular weight excluding hydrogens is 436 g/mol. The number of thiophene rings is 1. The van der Waals surface area contributed by atoms with Crippen molar-refractivity contribution in [1.29, 1.82) is 0 Å². The smallest absolute Gasteiger partial charge is 0.300 e. The van der Waals surface area contributed by atoms with Gasteiger partial charge in [-0.05, 0) is 42.1 Å². The number of anilines is 1. The van der Waals surface area contributed by atoms with Crippen LogP contribution in [-0.2, 0) is 9.59 Å². The Morgan fingerprint density at radius 1 is 1.12 bits per heavy atom. The SMILES string of the molecule is CCCOc1cccc(/C(O)=C2/C(=O)C(=O)N(c3ccc(F)cc3F)C2c2cccs2)c1. The third-order valence-corrected chi connectivity index (χ3v) is 5.93. The van der Waals surface area contributed by atoms with Crippen LogP contribution in [0.25, 0.3) is 5.76 Å². The summed E-state index contributed by atoms with van der Waals surface area (Å²) in [7, 11) is 0. The van der Waals surface area contributed by atoms with Crippen molar-refractivity contribution in [2.45, 2.75) is 19.4 Å². The van der Waals surface area contributed by atoms with Crippen molar-refractivity contribution in [2.75, 3.05) is 11.5 Å². The number of benzene rings is 2. The average Bonchev–Trinajstić information content (AvgIpc) is 3.40. The van der Waals surface area contributed by atoms with E-state index in [1.54, 1.807) is 41.8 Å². The zero-order chi connectivity index (χ0) is 22.8. The van der Waals surface area contributed by atoms with Crippen LogP contribution in [0.2, 0.25) is 0 Å². The second-order valence-electron chi connectivity index (χ2n) is 7.16. The Hall–Kier alpha value is -3.52. The number of ether oxygens (including phenoxy) is 1. The third-order valence-electron chi connectivity index (χ3n) is 5.01. The Balaban J connectivity index is 1.87. The van der Waals surface area contributed by atoms with Crippen LogP contribution in [0.4, 0.5) is 14.5 Å². The van der Waals surface area contributed by atoms with E-state index in [1.807, 2.05) is 6.92 Å². The van der Waals surface area contributed by atoms with Crippen LogP contribution in [0.15, 0.2) is 65.6 Å². The first-order valence-electron chi connectivity index (χ1n) is 9.95. The van der Waals surface area contributed by atoms with E-state index in [2.05, 4.69) is 0 Å². The number of nitrogens with zero attached hydrogens (tertiary/aromatic N) is 1. The monoisotopic (exact) mass is 455 g/mol. The van der Waals surface area contributed by atoms with Crippen LogP contribution >= 0.6 is 11.3 Å². The molecule has 0 spiro atoms. The van der Waals surface area contributed by atoms with E-state index in [9.17, 15) is 23.5 Å². The quantitative estimate of drug-likeness (QED) is 0.305. The second-order valence-corrected chi connectivity index (χ2v) is 8.14. The molecule has 1 unspecified atom stereocenters. The molecule has 1 amide bonds. The van der Waals surface area contributed by atoms with Crippen LogP contribution in [-0.4, -0.2) is 23.4 Å². The van der Waals surface area contributed by atoms with Crippen molar-refractivity contribution < 1.29 is 28.2 Å². The Labute approximate surface area is 187 Å². The summed E-state index contributed by atoms with van der Waals surface area (Å²) < 4.78 is 33.7. The van der Waals surface area contributed by atoms with Crippen LogP contribution in [0.3, 0.4) is 0 Å². The number of amides is 1. The summed E-state index contributed by atoms with van der Waals surface area (Å²) in [5, 5.41) is 12.8. The summed E-state index contributed by atoms with van der Waals surface area (Å²) in [6, 6.07) is 11.7. The van der Waals surface area contributed by atoms with E-state index < -0.39 is 35.1 Å². The molecule has 2 heterocycles. The lowest BCUT2D eigenvalue weighted by atomic mass is 9.99. The summed E-state index contributed by atoms with van der Waals surface area (Å²) in [5.74, 6) is -3.64. The van der Waals surface area contributed by atoms with Crippen LogP contribution in [0, 0.1) is 11.6 Å². The van der Waals surface area contributed by atoms with Crippen LogP contribution in [0.1, 0.15) is 29.8 Å². The fourth-order valence-electron chi connectivity index (χ4n) is 3.58.